The Balaban J connectivity index is 1.66. The average Bonchev–Trinajstić information content (AvgIpc) is 3.06. The van der Waals surface area contributed by atoms with Crippen LogP contribution >= 0.6 is 0 Å². The number of rotatable bonds is 5. The van der Waals surface area contributed by atoms with Crippen molar-refractivity contribution >= 4 is 11.7 Å². The number of hydrogen-bond acceptors (Lipinski definition) is 4. The van der Waals surface area contributed by atoms with Crippen molar-refractivity contribution in [3.63, 3.8) is 0 Å². The van der Waals surface area contributed by atoms with Crippen LogP contribution in [0.1, 0.15) is 41.7 Å². The Bertz CT molecular complexity index is 741. The molecule has 0 N–H and O–H groups in total. The lowest BCUT2D eigenvalue weighted by molar-refractivity contribution is -0.144. The highest BCUT2D eigenvalue weighted by atomic mass is 16.5. The molecule has 1 aliphatic rings. The van der Waals surface area contributed by atoms with Gasteiger partial charge >= 0.3 is 0 Å². The Hall–Kier alpha value is -2.47. The van der Waals surface area contributed by atoms with Gasteiger partial charge in [0.2, 0.25) is 5.91 Å². The topological polar surface area (TPSA) is 64.4 Å². The fourth-order valence-corrected chi connectivity index (χ4v) is 3.10. The van der Waals surface area contributed by atoms with Crippen molar-refractivity contribution in [1.29, 1.82) is 0 Å². The number of aryl methyl sites for hydroxylation is 1. The van der Waals surface area contributed by atoms with E-state index in [4.69, 9.17) is 4.74 Å². The summed E-state index contributed by atoms with van der Waals surface area (Å²) in [5.74, 6) is -0.0692. The lowest BCUT2D eigenvalue weighted by Crippen LogP contribution is -2.46. The second-order valence-electron chi connectivity index (χ2n) is 6.44. The van der Waals surface area contributed by atoms with Crippen LogP contribution in [0.2, 0.25) is 0 Å². The maximum absolute atomic E-state index is 12.8. The molecule has 1 aromatic heterocycles. The van der Waals surface area contributed by atoms with Gasteiger partial charge in [-0.25, -0.2) is 0 Å². The molecular formula is C19H23N3O3. The molecule has 1 amide bonds. The van der Waals surface area contributed by atoms with Crippen LogP contribution in [0, 0.1) is 0 Å². The normalized spacial score (nSPS) is 20.5. The third kappa shape index (κ3) is 4.14. The number of aromatic nitrogens is 2. The molecule has 1 saturated heterocycles. The summed E-state index contributed by atoms with van der Waals surface area (Å²) in [6.07, 6.45) is 3.60. The molecule has 6 nitrogen and oxygen atoms in total. The minimum absolute atomic E-state index is 0.00191. The van der Waals surface area contributed by atoms with Gasteiger partial charge in [-0.1, -0.05) is 30.3 Å². The number of ketones is 1. The van der Waals surface area contributed by atoms with Gasteiger partial charge in [0.1, 0.15) is 0 Å². The summed E-state index contributed by atoms with van der Waals surface area (Å²) in [7, 11) is 1.77. The van der Waals surface area contributed by atoms with Crippen LogP contribution in [0.3, 0.4) is 0 Å². The van der Waals surface area contributed by atoms with E-state index in [2.05, 4.69) is 5.10 Å². The highest BCUT2D eigenvalue weighted by Crippen LogP contribution is 2.27. The zero-order valence-corrected chi connectivity index (χ0v) is 14.6. The summed E-state index contributed by atoms with van der Waals surface area (Å²) >= 11 is 0. The highest BCUT2D eigenvalue weighted by Gasteiger charge is 2.31. The maximum atomic E-state index is 12.8. The number of Topliss-reactive ketones (excluding diaryl/α,β-unsaturated/α-hetero) is 1. The van der Waals surface area contributed by atoms with E-state index < -0.39 is 0 Å². The van der Waals surface area contributed by atoms with E-state index in [-0.39, 0.29) is 36.7 Å². The number of carbonyl (C=O) groups is 2. The monoisotopic (exact) mass is 341 g/mol. The Morgan fingerprint density at radius 2 is 2.00 bits per heavy atom. The maximum Gasteiger partial charge on any atom is 0.223 e. The summed E-state index contributed by atoms with van der Waals surface area (Å²) in [6.45, 7) is 2.98. The third-order valence-electron chi connectivity index (χ3n) is 4.47. The summed E-state index contributed by atoms with van der Waals surface area (Å²) in [6, 6.07) is 9.78. The minimum atomic E-state index is -0.0987. The number of nitrogens with zero attached hydrogens (tertiary/aromatic N) is 3. The second kappa shape index (κ2) is 7.61. The van der Waals surface area contributed by atoms with Crippen LogP contribution in [0.4, 0.5) is 0 Å². The van der Waals surface area contributed by atoms with E-state index in [9.17, 15) is 9.59 Å². The summed E-state index contributed by atoms with van der Waals surface area (Å²) in [4.78, 5) is 26.8. The van der Waals surface area contributed by atoms with Crippen molar-refractivity contribution in [3.05, 3.63) is 53.9 Å². The van der Waals surface area contributed by atoms with Crippen molar-refractivity contribution in [2.75, 3.05) is 13.2 Å². The Morgan fingerprint density at radius 1 is 1.24 bits per heavy atom. The van der Waals surface area contributed by atoms with Crippen LogP contribution < -0.4 is 0 Å². The van der Waals surface area contributed by atoms with Gasteiger partial charge in [0.05, 0.1) is 30.5 Å². The molecule has 1 aliphatic heterocycles. The van der Waals surface area contributed by atoms with Crippen molar-refractivity contribution in [2.45, 2.75) is 31.9 Å². The zero-order chi connectivity index (χ0) is 17.8. The Morgan fingerprint density at radius 3 is 2.68 bits per heavy atom. The molecule has 1 fully saturated rings. The number of amides is 1. The average molecular weight is 341 g/mol. The minimum Gasteiger partial charge on any atom is -0.374 e. The van der Waals surface area contributed by atoms with Crippen molar-refractivity contribution < 1.29 is 14.3 Å². The molecule has 0 bridgehead atoms. The first-order chi connectivity index (χ1) is 12.0. The van der Waals surface area contributed by atoms with Gasteiger partial charge in [-0.2, -0.15) is 5.10 Å². The van der Waals surface area contributed by atoms with Gasteiger partial charge in [0, 0.05) is 32.6 Å². The molecule has 0 saturated carbocycles. The molecule has 0 radical (unpaired) electrons. The van der Waals surface area contributed by atoms with E-state index in [1.54, 1.807) is 17.9 Å². The number of hydrogen-bond donors (Lipinski definition) is 0. The first-order valence-electron chi connectivity index (χ1n) is 8.52. The number of benzene rings is 1. The molecule has 0 spiro atoms. The van der Waals surface area contributed by atoms with Crippen LogP contribution in [0.25, 0.3) is 0 Å². The smallest absolute Gasteiger partial charge is 0.223 e. The molecule has 2 heterocycles. The fraction of sp³-hybridized carbons (Fsp3) is 0.421. The van der Waals surface area contributed by atoms with Gasteiger partial charge in [-0.15, -0.1) is 0 Å². The molecule has 132 valence electrons. The first-order valence-corrected chi connectivity index (χ1v) is 8.52. The lowest BCUT2D eigenvalue weighted by Gasteiger charge is -2.39. The predicted molar refractivity (Wildman–Crippen MR) is 93.1 cm³/mol. The van der Waals surface area contributed by atoms with Gasteiger partial charge in [0.25, 0.3) is 0 Å². The standard InChI is InChI=1S/C19H23N3O3/c1-14-11-22(17(13-25-14)15-6-4-3-5-7-15)19(24)9-8-18(23)16-10-20-21(2)12-16/h3-7,10,12,14,17H,8-9,11,13H2,1-2H3/t14-,17+/m0/s1. The van der Waals surface area contributed by atoms with Crippen LogP contribution in [0.5, 0.6) is 0 Å². The fourth-order valence-electron chi connectivity index (χ4n) is 3.10. The van der Waals surface area contributed by atoms with Crippen LogP contribution in [0.15, 0.2) is 42.7 Å². The molecule has 25 heavy (non-hydrogen) atoms. The van der Waals surface area contributed by atoms with E-state index in [0.717, 1.165) is 5.56 Å². The molecule has 1 aromatic carbocycles. The van der Waals surface area contributed by atoms with Gasteiger partial charge in [-0.05, 0) is 12.5 Å². The van der Waals surface area contributed by atoms with E-state index >= 15 is 0 Å². The summed E-state index contributed by atoms with van der Waals surface area (Å²) < 4.78 is 7.34. The summed E-state index contributed by atoms with van der Waals surface area (Å²) in [5.41, 5.74) is 1.60. The van der Waals surface area contributed by atoms with Gasteiger partial charge in [0.15, 0.2) is 5.78 Å². The Labute approximate surface area is 147 Å². The largest absolute Gasteiger partial charge is 0.374 e. The first kappa shape index (κ1) is 17.4. The van der Waals surface area contributed by atoms with Gasteiger partial charge < -0.3 is 9.64 Å². The number of morpholine rings is 1. The molecule has 2 aromatic rings. The number of carbonyl (C=O) groups excluding carboxylic acids is 2. The molecule has 2 atom stereocenters. The lowest BCUT2D eigenvalue weighted by atomic mass is 10.0. The van der Waals surface area contributed by atoms with Crippen molar-refractivity contribution in [2.24, 2.45) is 7.05 Å². The quantitative estimate of drug-likeness (QED) is 0.783. The molecule has 0 aliphatic carbocycles. The Kier molecular flexibility index (Phi) is 5.28. The molecule has 6 heteroatoms. The van der Waals surface area contributed by atoms with Crippen molar-refractivity contribution in [1.82, 2.24) is 14.7 Å². The SMILES string of the molecule is C[C@H]1CN(C(=O)CCC(=O)c2cnn(C)c2)[C@@H](c2ccccc2)CO1. The zero-order valence-electron chi connectivity index (χ0n) is 14.6. The third-order valence-corrected chi connectivity index (χ3v) is 4.47. The van der Waals surface area contributed by atoms with Crippen LogP contribution in [-0.4, -0.2) is 45.6 Å². The summed E-state index contributed by atoms with van der Waals surface area (Å²) in [5, 5.41) is 4.00. The predicted octanol–water partition coefficient (Wildman–Crippen LogP) is 2.37. The highest BCUT2D eigenvalue weighted by molar-refractivity contribution is 5.97. The molecule has 0 unspecified atom stereocenters. The van der Waals surface area contributed by atoms with E-state index in [1.807, 2.05) is 42.2 Å². The van der Waals surface area contributed by atoms with Gasteiger partial charge in [-0.3, -0.25) is 14.3 Å². The molecule has 3 rings (SSSR count). The number of ether oxygens (including phenoxy) is 1. The molecular weight excluding hydrogens is 318 g/mol. The van der Waals surface area contributed by atoms with Crippen molar-refractivity contribution in [3.8, 4) is 0 Å². The van der Waals surface area contributed by atoms with E-state index in [1.165, 1.54) is 6.20 Å². The van der Waals surface area contributed by atoms with E-state index in [0.29, 0.717) is 18.7 Å². The van der Waals surface area contributed by atoms with Crippen LogP contribution in [-0.2, 0) is 16.6 Å². The second-order valence-corrected chi connectivity index (χ2v) is 6.44.